The van der Waals surface area contributed by atoms with Crippen molar-refractivity contribution in [3.05, 3.63) is 23.0 Å². The summed E-state index contributed by atoms with van der Waals surface area (Å²) < 4.78 is 31.6. The van der Waals surface area contributed by atoms with Gasteiger partial charge >= 0.3 is 5.97 Å². The summed E-state index contributed by atoms with van der Waals surface area (Å²) in [5, 5.41) is 17.0. The highest BCUT2D eigenvalue weighted by Crippen LogP contribution is 2.28. The molecule has 0 spiro atoms. The molecule has 0 radical (unpaired) electrons. The smallest absolute Gasteiger partial charge is 0.360 e. The number of nitrogens with zero attached hydrogens (tertiary/aromatic N) is 4. The third kappa shape index (κ3) is 5.24. The number of hydrogen-bond acceptors (Lipinski definition) is 10. The topological polar surface area (TPSA) is 153 Å². The first kappa shape index (κ1) is 23.0. The zero-order chi connectivity index (χ0) is 19.7. The molecule has 11 nitrogen and oxygen atoms in total. The molecule has 0 saturated heterocycles. The molecule has 14 heteroatoms. The lowest BCUT2D eigenvalue weighted by molar-refractivity contribution is -0.122. The molecular formula is C13H19N5O6S3. The van der Waals surface area contributed by atoms with Crippen LogP contribution in [0.2, 0.25) is 0 Å². The molecule has 150 valence electrons. The Morgan fingerprint density at radius 3 is 2.56 bits per heavy atom. The number of thiazole rings is 1. The highest BCUT2D eigenvalue weighted by atomic mass is 32.2. The molecule has 0 fully saturated rings. The van der Waals surface area contributed by atoms with Gasteiger partial charge in [-0.05, 0) is 20.8 Å². The third-order valence-corrected chi connectivity index (χ3v) is 6.28. The van der Waals surface area contributed by atoms with E-state index < -0.39 is 33.5 Å². The maximum Gasteiger partial charge on any atom is 0.360 e. The highest BCUT2D eigenvalue weighted by molar-refractivity contribution is 7.92. The van der Waals surface area contributed by atoms with E-state index in [2.05, 4.69) is 20.0 Å². The standard InChI is InChI=1S/C13H17N5O6S2.H2S/c1-7(18-6-8(15-17-18)11(20)24-4)10(19)16-26(22,23)12-14-5-9(25-12)13(2,3)21;/h5-7,21H,1-4H3,(H,16,19);1H2/t7-;/m0./s1. The minimum Gasteiger partial charge on any atom is -0.464 e. The summed E-state index contributed by atoms with van der Waals surface area (Å²) in [5.74, 6) is -1.63. The zero-order valence-electron chi connectivity index (χ0n) is 14.8. The van der Waals surface area contributed by atoms with E-state index in [1.807, 2.05) is 4.72 Å². The molecule has 1 atom stereocenters. The molecule has 2 rings (SSSR count). The van der Waals surface area contributed by atoms with Gasteiger partial charge in [-0.3, -0.25) is 4.79 Å². The third-order valence-electron chi connectivity index (χ3n) is 3.23. The van der Waals surface area contributed by atoms with Gasteiger partial charge in [0.1, 0.15) is 6.04 Å². The van der Waals surface area contributed by atoms with Crippen LogP contribution in [0.4, 0.5) is 0 Å². The predicted octanol–water partition coefficient (Wildman–Crippen LogP) is -0.0725. The minimum absolute atomic E-state index is 0. The van der Waals surface area contributed by atoms with Crippen LogP contribution >= 0.6 is 24.8 Å². The number of carbonyl (C=O) groups is 2. The van der Waals surface area contributed by atoms with Gasteiger partial charge in [0.05, 0.1) is 23.8 Å². The van der Waals surface area contributed by atoms with Crippen LogP contribution in [0.3, 0.4) is 0 Å². The average Bonchev–Trinajstić information content (AvgIpc) is 3.21. The summed E-state index contributed by atoms with van der Waals surface area (Å²) in [6.45, 7) is 4.35. The van der Waals surface area contributed by atoms with E-state index in [1.54, 1.807) is 0 Å². The number of ether oxygens (including phenoxy) is 1. The van der Waals surface area contributed by atoms with E-state index >= 15 is 0 Å². The molecule has 0 aliphatic heterocycles. The second-order valence-corrected chi connectivity index (χ2v) is 8.66. The van der Waals surface area contributed by atoms with Crippen molar-refractivity contribution in [1.29, 1.82) is 0 Å². The lowest BCUT2D eigenvalue weighted by Gasteiger charge is -2.13. The van der Waals surface area contributed by atoms with E-state index in [9.17, 15) is 23.1 Å². The number of aliphatic hydroxyl groups is 1. The Balaban J connectivity index is 0.00000364. The van der Waals surface area contributed by atoms with Crippen LogP contribution in [0.1, 0.15) is 42.2 Å². The highest BCUT2D eigenvalue weighted by Gasteiger charge is 2.29. The van der Waals surface area contributed by atoms with Gasteiger partial charge in [-0.2, -0.15) is 21.9 Å². The monoisotopic (exact) mass is 437 g/mol. The van der Waals surface area contributed by atoms with Gasteiger partial charge in [-0.1, -0.05) is 5.21 Å². The number of esters is 1. The number of hydrogen-bond donors (Lipinski definition) is 2. The number of aromatic nitrogens is 4. The van der Waals surface area contributed by atoms with Gasteiger partial charge in [0.15, 0.2) is 5.69 Å². The summed E-state index contributed by atoms with van der Waals surface area (Å²) in [5.41, 5.74) is -1.38. The van der Waals surface area contributed by atoms with Gasteiger partial charge in [0.2, 0.25) is 4.34 Å². The second kappa shape index (κ2) is 8.33. The van der Waals surface area contributed by atoms with Gasteiger partial charge in [-0.25, -0.2) is 19.2 Å². The number of methoxy groups -OCH3 is 1. The van der Waals surface area contributed by atoms with Crippen molar-refractivity contribution in [2.75, 3.05) is 7.11 Å². The molecular weight excluding hydrogens is 418 g/mol. The van der Waals surface area contributed by atoms with Crippen LogP contribution < -0.4 is 4.72 Å². The molecule has 2 heterocycles. The number of carbonyl (C=O) groups excluding carboxylic acids is 2. The van der Waals surface area contributed by atoms with Crippen molar-refractivity contribution in [2.24, 2.45) is 0 Å². The van der Waals surface area contributed by atoms with Crippen LogP contribution in [-0.2, 0) is 25.2 Å². The van der Waals surface area contributed by atoms with Crippen LogP contribution in [0.15, 0.2) is 16.7 Å². The van der Waals surface area contributed by atoms with Crippen molar-refractivity contribution in [3.63, 3.8) is 0 Å². The Morgan fingerprint density at radius 1 is 1.41 bits per heavy atom. The molecule has 0 aliphatic rings. The van der Waals surface area contributed by atoms with Crippen molar-refractivity contribution >= 4 is 46.7 Å². The van der Waals surface area contributed by atoms with E-state index in [1.165, 1.54) is 40.3 Å². The van der Waals surface area contributed by atoms with Crippen molar-refractivity contribution in [1.82, 2.24) is 24.7 Å². The first-order chi connectivity index (χ1) is 12.0. The molecule has 0 unspecified atom stereocenters. The Hall–Kier alpha value is -2.03. The SMILES string of the molecule is COC(=O)c1cn([C@@H](C)C(=O)NS(=O)(=O)c2ncc(C(C)(C)O)s2)nn1.S. The van der Waals surface area contributed by atoms with Crippen molar-refractivity contribution in [2.45, 2.75) is 36.8 Å². The number of nitrogens with one attached hydrogen (secondary N) is 1. The molecule has 2 aromatic rings. The summed E-state index contributed by atoms with van der Waals surface area (Å²) in [4.78, 5) is 27.6. The van der Waals surface area contributed by atoms with Crippen molar-refractivity contribution < 1.29 is 27.9 Å². The van der Waals surface area contributed by atoms with Gasteiger partial charge in [0, 0.05) is 6.20 Å². The van der Waals surface area contributed by atoms with Crippen LogP contribution in [0, 0.1) is 0 Å². The molecule has 0 aromatic carbocycles. The fraction of sp³-hybridized carbons (Fsp3) is 0.462. The average molecular weight is 438 g/mol. The summed E-state index contributed by atoms with van der Waals surface area (Å²) in [7, 11) is -3.06. The maximum atomic E-state index is 12.3. The molecule has 0 saturated carbocycles. The largest absolute Gasteiger partial charge is 0.464 e. The molecule has 1 amide bonds. The first-order valence-corrected chi connectivity index (χ1v) is 9.51. The number of amides is 1. The minimum atomic E-state index is -4.22. The molecule has 0 aliphatic carbocycles. The Labute approximate surface area is 166 Å². The van der Waals surface area contributed by atoms with Crippen LogP contribution in [0.25, 0.3) is 0 Å². The number of rotatable bonds is 6. The summed E-state index contributed by atoms with van der Waals surface area (Å²) >= 11 is 0.748. The molecule has 27 heavy (non-hydrogen) atoms. The van der Waals surface area contributed by atoms with Crippen LogP contribution in [-0.4, -0.2) is 52.5 Å². The van der Waals surface area contributed by atoms with E-state index in [0.717, 1.165) is 16.0 Å². The van der Waals surface area contributed by atoms with E-state index in [4.69, 9.17) is 0 Å². The summed E-state index contributed by atoms with van der Waals surface area (Å²) in [6.07, 6.45) is 2.39. The normalized spacial score (nSPS) is 12.8. The van der Waals surface area contributed by atoms with Gasteiger partial charge in [-0.15, -0.1) is 16.4 Å². The fourth-order valence-corrected chi connectivity index (χ4v) is 3.91. The second-order valence-electron chi connectivity index (χ2n) is 5.77. The molecule has 0 bridgehead atoms. The Bertz CT molecular complexity index is 930. The first-order valence-electron chi connectivity index (χ1n) is 7.21. The van der Waals surface area contributed by atoms with Gasteiger partial charge < -0.3 is 9.84 Å². The van der Waals surface area contributed by atoms with E-state index in [0.29, 0.717) is 4.88 Å². The number of sulfonamides is 1. The quantitative estimate of drug-likeness (QED) is 0.591. The molecule has 2 aromatic heterocycles. The predicted molar refractivity (Wildman–Crippen MR) is 99.1 cm³/mol. The zero-order valence-corrected chi connectivity index (χ0v) is 17.5. The maximum absolute atomic E-state index is 12.3. The van der Waals surface area contributed by atoms with Crippen LogP contribution in [0.5, 0.6) is 0 Å². The van der Waals surface area contributed by atoms with Crippen molar-refractivity contribution in [3.8, 4) is 0 Å². The lowest BCUT2D eigenvalue weighted by atomic mass is 10.1. The van der Waals surface area contributed by atoms with Gasteiger partial charge in [0.25, 0.3) is 15.9 Å². The fourth-order valence-electron chi connectivity index (χ4n) is 1.71. The van der Waals surface area contributed by atoms with E-state index in [-0.39, 0.29) is 23.5 Å². The summed E-state index contributed by atoms with van der Waals surface area (Å²) in [6, 6.07) is -1.07. The Morgan fingerprint density at radius 2 is 2.04 bits per heavy atom. The Kier molecular flexibility index (Phi) is 7.10. The molecule has 2 N–H and O–H groups in total. The lowest BCUT2D eigenvalue weighted by Crippen LogP contribution is -2.36.